The summed E-state index contributed by atoms with van der Waals surface area (Å²) in [5.74, 6) is 0. The molecule has 0 saturated carbocycles. The van der Waals surface area contributed by atoms with Gasteiger partial charge in [0.2, 0.25) is 0 Å². The van der Waals surface area contributed by atoms with Crippen molar-refractivity contribution in [1.82, 2.24) is 4.90 Å². The maximum Gasteiger partial charge on any atom is 0.0619 e. The molecule has 18 heavy (non-hydrogen) atoms. The summed E-state index contributed by atoms with van der Waals surface area (Å²) in [4.78, 5) is 2.46. The van der Waals surface area contributed by atoms with Crippen LogP contribution < -0.4 is 5.73 Å². The van der Waals surface area contributed by atoms with Crippen LogP contribution in [-0.4, -0.2) is 37.2 Å². The topological polar surface area (TPSA) is 38.5 Å². The van der Waals surface area contributed by atoms with Gasteiger partial charge < -0.3 is 10.5 Å². The second-order valence-electron chi connectivity index (χ2n) is 4.91. The highest BCUT2D eigenvalue weighted by Gasteiger charge is 2.19. The van der Waals surface area contributed by atoms with Crippen LogP contribution in [0.4, 0.5) is 0 Å². The number of halogens is 1. The van der Waals surface area contributed by atoms with Gasteiger partial charge in [-0.15, -0.1) is 0 Å². The quantitative estimate of drug-likeness (QED) is 0.928. The zero-order valence-corrected chi connectivity index (χ0v) is 12.4. The van der Waals surface area contributed by atoms with Crippen molar-refractivity contribution >= 4 is 15.9 Å². The highest BCUT2D eigenvalue weighted by atomic mass is 79.9. The van der Waals surface area contributed by atoms with Gasteiger partial charge in [0.25, 0.3) is 0 Å². The Morgan fingerprint density at radius 2 is 2.39 bits per heavy atom. The predicted molar refractivity (Wildman–Crippen MR) is 77.5 cm³/mol. The van der Waals surface area contributed by atoms with Crippen LogP contribution in [0.1, 0.15) is 24.9 Å². The fraction of sp³-hybridized carbons (Fsp3) is 0.571. The predicted octanol–water partition coefficient (Wildman–Crippen LogP) is 2.56. The van der Waals surface area contributed by atoms with E-state index in [1.54, 1.807) is 0 Å². The third kappa shape index (κ3) is 3.79. The van der Waals surface area contributed by atoms with E-state index in [0.717, 1.165) is 37.2 Å². The van der Waals surface area contributed by atoms with Gasteiger partial charge in [-0.2, -0.15) is 0 Å². The summed E-state index contributed by atoms with van der Waals surface area (Å²) in [6.07, 6.45) is 0.987. The van der Waals surface area contributed by atoms with E-state index < -0.39 is 0 Å². The van der Waals surface area contributed by atoms with Crippen LogP contribution in [0.25, 0.3) is 0 Å². The lowest BCUT2D eigenvalue weighted by molar-refractivity contribution is -0.00139. The molecule has 2 unspecified atom stereocenters. The van der Waals surface area contributed by atoms with E-state index in [4.69, 9.17) is 10.5 Å². The van der Waals surface area contributed by atoms with Gasteiger partial charge >= 0.3 is 0 Å². The van der Waals surface area contributed by atoms with Crippen LogP contribution >= 0.6 is 15.9 Å². The van der Waals surface area contributed by atoms with Crippen LogP contribution in [0.5, 0.6) is 0 Å². The number of morpholine rings is 1. The molecule has 1 aromatic rings. The van der Waals surface area contributed by atoms with Crippen molar-refractivity contribution in [2.45, 2.75) is 25.4 Å². The van der Waals surface area contributed by atoms with Crippen molar-refractivity contribution in [2.24, 2.45) is 5.73 Å². The molecule has 0 aliphatic carbocycles. The number of benzene rings is 1. The molecule has 1 saturated heterocycles. The van der Waals surface area contributed by atoms with Gasteiger partial charge in [0, 0.05) is 29.6 Å². The molecule has 1 fully saturated rings. The molecule has 4 heteroatoms. The second-order valence-corrected chi connectivity index (χ2v) is 5.83. The van der Waals surface area contributed by atoms with Crippen molar-refractivity contribution in [3.8, 4) is 0 Å². The number of hydrogen-bond donors (Lipinski definition) is 1. The van der Waals surface area contributed by atoms with Gasteiger partial charge in [-0.1, -0.05) is 28.1 Å². The minimum atomic E-state index is 0.109. The third-order valence-corrected chi connectivity index (χ3v) is 4.00. The monoisotopic (exact) mass is 312 g/mol. The lowest BCUT2D eigenvalue weighted by Gasteiger charge is -2.33. The standard InChI is InChI=1S/C14H21BrN2O/c1-11-10-18-8-7-17(11)6-5-14(16)12-3-2-4-13(15)9-12/h2-4,9,11,14H,5-8,10,16H2,1H3. The van der Waals surface area contributed by atoms with E-state index in [1.165, 1.54) is 5.56 Å². The number of nitrogens with two attached hydrogens (primary N) is 1. The molecular formula is C14H21BrN2O. The summed E-state index contributed by atoms with van der Waals surface area (Å²) < 4.78 is 6.53. The van der Waals surface area contributed by atoms with Crippen molar-refractivity contribution in [2.75, 3.05) is 26.3 Å². The molecule has 1 aliphatic heterocycles. The molecule has 2 N–H and O–H groups in total. The Morgan fingerprint density at radius 3 is 3.11 bits per heavy atom. The fourth-order valence-corrected chi connectivity index (χ4v) is 2.72. The zero-order valence-electron chi connectivity index (χ0n) is 10.8. The molecule has 2 atom stereocenters. The van der Waals surface area contributed by atoms with Gasteiger partial charge in [0.05, 0.1) is 13.2 Å². The Kier molecular flexibility index (Phi) is 5.18. The van der Waals surface area contributed by atoms with E-state index >= 15 is 0 Å². The molecule has 3 nitrogen and oxygen atoms in total. The summed E-state index contributed by atoms with van der Waals surface area (Å²) >= 11 is 3.49. The molecule has 1 aliphatic rings. The summed E-state index contributed by atoms with van der Waals surface area (Å²) in [5.41, 5.74) is 7.45. The van der Waals surface area contributed by atoms with Gasteiger partial charge in [-0.05, 0) is 31.0 Å². The van der Waals surface area contributed by atoms with E-state index in [-0.39, 0.29) is 6.04 Å². The average molecular weight is 313 g/mol. The first-order chi connectivity index (χ1) is 8.66. The van der Waals surface area contributed by atoms with E-state index in [2.05, 4.69) is 39.9 Å². The Labute approximate surface area is 117 Å². The Bertz CT molecular complexity index is 386. The number of nitrogens with zero attached hydrogens (tertiary/aromatic N) is 1. The first-order valence-electron chi connectivity index (χ1n) is 6.49. The molecule has 1 heterocycles. The van der Waals surface area contributed by atoms with Crippen LogP contribution in [-0.2, 0) is 4.74 Å². The highest BCUT2D eigenvalue weighted by molar-refractivity contribution is 9.10. The van der Waals surface area contributed by atoms with Crippen molar-refractivity contribution in [1.29, 1.82) is 0 Å². The lowest BCUT2D eigenvalue weighted by atomic mass is 10.0. The van der Waals surface area contributed by atoms with E-state index in [0.29, 0.717) is 6.04 Å². The lowest BCUT2D eigenvalue weighted by Crippen LogP contribution is -2.44. The molecule has 0 aromatic heterocycles. The largest absolute Gasteiger partial charge is 0.379 e. The van der Waals surface area contributed by atoms with Gasteiger partial charge in [0.1, 0.15) is 0 Å². The van der Waals surface area contributed by atoms with Crippen molar-refractivity contribution < 1.29 is 4.74 Å². The minimum absolute atomic E-state index is 0.109. The zero-order chi connectivity index (χ0) is 13.0. The summed E-state index contributed by atoms with van der Waals surface area (Å²) in [7, 11) is 0. The first kappa shape index (κ1) is 14.0. The first-order valence-corrected chi connectivity index (χ1v) is 7.29. The molecule has 100 valence electrons. The Morgan fingerprint density at radius 1 is 1.56 bits per heavy atom. The molecule has 1 aromatic carbocycles. The number of ether oxygens (including phenoxy) is 1. The summed E-state index contributed by atoms with van der Waals surface area (Å²) in [6, 6.07) is 8.88. The SMILES string of the molecule is CC1COCCN1CCC(N)c1cccc(Br)c1. The van der Waals surface area contributed by atoms with Gasteiger partial charge in [-0.3, -0.25) is 4.90 Å². The molecular weight excluding hydrogens is 292 g/mol. The van der Waals surface area contributed by atoms with Crippen molar-refractivity contribution in [3.63, 3.8) is 0 Å². The third-order valence-electron chi connectivity index (χ3n) is 3.51. The van der Waals surface area contributed by atoms with Gasteiger partial charge in [0.15, 0.2) is 0 Å². The van der Waals surface area contributed by atoms with Crippen molar-refractivity contribution in [3.05, 3.63) is 34.3 Å². The summed E-state index contributed by atoms with van der Waals surface area (Å²) in [6.45, 7) is 5.96. The minimum Gasteiger partial charge on any atom is -0.379 e. The molecule has 0 spiro atoms. The van der Waals surface area contributed by atoms with Gasteiger partial charge in [-0.25, -0.2) is 0 Å². The number of hydrogen-bond acceptors (Lipinski definition) is 3. The molecule has 2 rings (SSSR count). The Balaban J connectivity index is 1.86. The fourth-order valence-electron chi connectivity index (χ4n) is 2.30. The van der Waals surface area contributed by atoms with Crippen LogP contribution in [0.15, 0.2) is 28.7 Å². The molecule has 0 radical (unpaired) electrons. The molecule has 0 bridgehead atoms. The van der Waals surface area contributed by atoms with E-state index in [1.807, 2.05) is 12.1 Å². The number of rotatable bonds is 4. The van der Waals surface area contributed by atoms with Crippen LogP contribution in [0.2, 0.25) is 0 Å². The maximum atomic E-state index is 6.25. The second kappa shape index (κ2) is 6.66. The maximum absolute atomic E-state index is 6.25. The molecule has 0 amide bonds. The Hall–Kier alpha value is -0.420. The average Bonchev–Trinajstić information content (AvgIpc) is 2.37. The van der Waals surface area contributed by atoms with E-state index in [9.17, 15) is 0 Å². The highest BCUT2D eigenvalue weighted by Crippen LogP contribution is 2.20. The van der Waals surface area contributed by atoms with Crippen LogP contribution in [0, 0.1) is 0 Å². The van der Waals surface area contributed by atoms with Crippen LogP contribution in [0.3, 0.4) is 0 Å². The summed E-state index contributed by atoms with van der Waals surface area (Å²) in [5, 5.41) is 0. The normalized spacial score (nSPS) is 22.9. The smallest absolute Gasteiger partial charge is 0.0619 e.